The number of nitrogens with one attached hydrogen (secondary N) is 1. The van der Waals surface area contributed by atoms with Crippen molar-refractivity contribution in [2.45, 2.75) is 32.2 Å². The molecule has 0 rings (SSSR count). The number of rotatable bonds is 6. The van der Waals surface area contributed by atoms with E-state index in [2.05, 4.69) is 5.32 Å². The second-order valence-corrected chi connectivity index (χ2v) is 2.87. The summed E-state index contributed by atoms with van der Waals surface area (Å²) >= 11 is 0. The van der Waals surface area contributed by atoms with E-state index in [4.69, 9.17) is 11.5 Å². The normalized spacial score (nSPS) is 12.2. The number of primary amides is 1. The lowest BCUT2D eigenvalue weighted by Gasteiger charge is -2.13. The number of nitrogens with two attached hydrogens (primary N) is 2. The highest BCUT2D eigenvalue weighted by molar-refractivity contribution is 5.87. The van der Waals surface area contributed by atoms with E-state index in [9.17, 15) is 9.59 Å². The molecule has 76 valence electrons. The zero-order chi connectivity index (χ0) is 10.3. The minimum atomic E-state index is -0.573. The van der Waals surface area contributed by atoms with Crippen molar-refractivity contribution >= 4 is 11.8 Å². The lowest BCUT2D eigenvalue weighted by atomic mass is 10.1. The van der Waals surface area contributed by atoms with Crippen molar-refractivity contribution in [3.05, 3.63) is 0 Å². The van der Waals surface area contributed by atoms with E-state index >= 15 is 0 Å². The molecule has 0 bridgehead atoms. The summed E-state index contributed by atoms with van der Waals surface area (Å²) in [5, 5.41) is 2.46. The van der Waals surface area contributed by atoms with Crippen molar-refractivity contribution < 1.29 is 9.59 Å². The van der Waals surface area contributed by atoms with Crippen LogP contribution >= 0.6 is 0 Å². The Morgan fingerprint density at radius 3 is 2.46 bits per heavy atom. The number of hydrogen-bond donors (Lipinski definition) is 3. The maximum atomic E-state index is 10.8. The Morgan fingerprint density at radius 1 is 1.46 bits per heavy atom. The van der Waals surface area contributed by atoms with Gasteiger partial charge in [-0.25, -0.2) is 0 Å². The first-order chi connectivity index (χ1) is 6.11. The van der Waals surface area contributed by atoms with Gasteiger partial charge in [0, 0.05) is 0 Å². The summed E-state index contributed by atoms with van der Waals surface area (Å²) in [4.78, 5) is 21.7. The van der Waals surface area contributed by atoms with Gasteiger partial charge < -0.3 is 16.8 Å². The monoisotopic (exact) mass is 187 g/mol. The van der Waals surface area contributed by atoms with Crippen LogP contribution in [0.2, 0.25) is 0 Å². The highest BCUT2D eigenvalue weighted by Crippen LogP contribution is 1.99. The minimum Gasteiger partial charge on any atom is -0.368 e. The van der Waals surface area contributed by atoms with Gasteiger partial charge in [-0.1, -0.05) is 19.8 Å². The fourth-order valence-electron chi connectivity index (χ4n) is 0.947. The van der Waals surface area contributed by atoms with Crippen LogP contribution in [0.4, 0.5) is 0 Å². The average Bonchev–Trinajstić information content (AvgIpc) is 2.11. The molecule has 0 aromatic heterocycles. The summed E-state index contributed by atoms with van der Waals surface area (Å²) < 4.78 is 0. The van der Waals surface area contributed by atoms with Crippen molar-refractivity contribution in [1.29, 1.82) is 0 Å². The van der Waals surface area contributed by atoms with E-state index in [1.165, 1.54) is 0 Å². The summed E-state index contributed by atoms with van der Waals surface area (Å²) in [6, 6.07) is -0.573. The van der Waals surface area contributed by atoms with Crippen LogP contribution in [0.3, 0.4) is 0 Å². The largest absolute Gasteiger partial charge is 0.368 e. The van der Waals surface area contributed by atoms with Crippen molar-refractivity contribution in [1.82, 2.24) is 5.32 Å². The van der Waals surface area contributed by atoms with E-state index in [1.54, 1.807) is 0 Å². The second-order valence-electron chi connectivity index (χ2n) is 2.87. The molecule has 0 heterocycles. The lowest BCUT2D eigenvalue weighted by molar-refractivity contribution is -0.126. The molecule has 0 saturated carbocycles. The molecule has 0 aromatic carbocycles. The van der Waals surface area contributed by atoms with Gasteiger partial charge in [0.15, 0.2) is 0 Å². The number of carbonyl (C=O) groups is 2. The van der Waals surface area contributed by atoms with Gasteiger partial charge in [0.2, 0.25) is 11.8 Å². The smallest absolute Gasteiger partial charge is 0.240 e. The molecule has 5 heteroatoms. The molecule has 13 heavy (non-hydrogen) atoms. The topological polar surface area (TPSA) is 98.2 Å². The Kier molecular flexibility index (Phi) is 5.88. The van der Waals surface area contributed by atoms with E-state index in [1.807, 2.05) is 6.92 Å². The molecule has 5 N–H and O–H groups in total. The maximum Gasteiger partial charge on any atom is 0.240 e. The third-order valence-corrected chi connectivity index (χ3v) is 1.71. The van der Waals surface area contributed by atoms with Crippen LogP contribution in [0.15, 0.2) is 0 Å². The fraction of sp³-hybridized carbons (Fsp3) is 0.750. The molecule has 2 amide bonds. The highest BCUT2D eigenvalue weighted by Gasteiger charge is 2.15. The Hall–Kier alpha value is -1.10. The molecule has 0 spiro atoms. The second kappa shape index (κ2) is 6.42. The first kappa shape index (κ1) is 11.9. The zero-order valence-corrected chi connectivity index (χ0v) is 7.88. The number of carbonyl (C=O) groups excluding carboxylic acids is 2. The van der Waals surface area contributed by atoms with Crippen LogP contribution in [0.5, 0.6) is 0 Å². The number of unbranched alkanes of at least 4 members (excludes halogenated alkanes) is 1. The summed E-state index contributed by atoms with van der Waals surface area (Å²) in [7, 11) is 0. The van der Waals surface area contributed by atoms with E-state index in [0.29, 0.717) is 6.42 Å². The van der Waals surface area contributed by atoms with Crippen LogP contribution in [-0.4, -0.2) is 24.4 Å². The minimum absolute atomic E-state index is 0.115. The van der Waals surface area contributed by atoms with E-state index in [-0.39, 0.29) is 12.5 Å². The molecular weight excluding hydrogens is 170 g/mol. The molecule has 0 fully saturated rings. The van der Waals surface area contributed by atoms with Gasteiger partial charge in [0.25, 0.3) is 0 Å². The molecule has 0 aliphatic rings. The molecule has 1 atom stereocenters. The zero-order valence-electron chi connectivity index (χ0n) is 7.88. The first-order valence-corrected chi connectivity index (χ1v) is 4.40. The van der Waals surface area contributed by atoms with Gasteiger partial charge in [-0.3, -0.25) is 9.59 Å². The van der Waals surface area contributed by atoms with Crippen LogP contribution in [0.25, 0.3) is 0 Å². The van der Waals surface area contributed by atoms with Gasteiger partial charge in [0.05, 0.1) is 6.54 Å². The Morgan fingerprint density at radius 2 is 2.08 bits per heavy atom. The van der Waals surface area contributed by atoms with Crippen molar-refractivity contribution in [2.75, 3.05) is 6.54 Å². The fourth-order valence-corrected chi connectivity index (χ4v) is 0.947. The number of hydrogen-bond acceptors (Lipinski definition) is 3. The summed E-state index contributed by atoms with van der Waals surface area (Å²) in [6.07, 6.45) is 2.40. The SMILES string of the molecule is CCCCC(NC(=O)CN)C(N)=O. The molecule has 5 nitrogen and oxygen atoms in total. The summed E-state index contributed by atoms with van der Waals surface area (Å²) in [5.74, 6) is -0.852. The van der Waals surface area contributed by atoms with E-state index < -0.39 is 11.9 Å². The third-order valence-electron chi connectivity index (χ3n) is 1.71. The van der Waals surface area contributed by atoms with Crippen molar-refractivity contribution in [3.8, 4) is 0 Å². The highest BCUT2D eigenvalue weighted by atomic mass is 16.2. The van der Waals surface area contributed by atoms with Gasteiger partial charge in [-0.05, 0) is 6.42 Å². The Balaban J connectivity index is 3.94. The van der Waals surface area contributed by atoms with Crippen LogP contribution in [0.1, 0.15) is 26.2 Å². The summed E-state index contributed by atoms with van der Waals surface area (Å²) in [6.45, 7) is 1.89. The molecule has 0 aromatic rings. The van der Waals surface area contributed by atoms with Gasteiger partial charge in [-0.15, -0.1) is 0 Å². The van der Waals surface area contributed by atoms with Gasteiger partial charge in [-0.2, -0.15) is 0 Å². The third kappa shape index (κ3) is 5.19. The molecular formula is C8H17N3O2. The van der Waals surface area contributed by atoms with Crippen molar-refractivity contribution in [3.63, 3.8) is 0 Å². The standard InChI is InChI=1S/C8H17N3O2/c1-2-3-4-6(8(10)13)11-7(12)5-9/h6H,2-5,9H2,1H3,(H2,10,13)(H,11,12). The Bertz CT molecular complexity index is 182. The molecule has 0 aliphatic carbocycles. The molecule has 0 saturated heterocycles. The molecule has 1 unspecified atom stereocenters. The molecule has 0 aliphatic heterocycles. The lowest BCUT2D eigenvalue weighted by Crippen LogP contribution is -2.46. The first-order valence-electron chi connectivity index (χ1n) is 4.40. The number of amides is 2. The predicted molar refractivity (Wildman–Crippen MR) is 49.7 cm³/mol. The quantitative estimate of drug-likeness (QED) is 0.503. The predicted octanol–water partition coefficient (Wildman–Crippen LogP) is -0.895. The van der Waals surface area contributed by atoms with Crippen molar-refractivity contribution in [2.24, 2.45) is 11.5 Å². The molecule has 0 radical (unpaired) electrons. The average molecular weight is 187 g/mol. The van der Waals surface area contributed by atoms with Gasteiger partial charge >= 0.3 is 0 Å². The maximum absolute atomic E-state index is 10.8. The summed E-state index contributed by atoms with van der Waals surface area (Å²) in [5.41, 5.74) is 10.2. The van der Waals surface area contributed by atoms with Crippen LogP contribution < -0.4 is 16.8 Å². The Labute approximate surface area is 77.8 Å². The van der Waals surface area contributed by atoms with Crippen LogP contribution in [0, 0.1) is 0 Å². The van der Waals surface area contributed by atoms with Gasteiger partial charge in [0.1, 0.15) is 6.04 Å². The van der Waals surface area contributed by atoms with E-state index in [0.717, 1.165) is 12.8 Å². The van der Waals surface area contributed by atoms with Crippen LogP contribution in [-0.2, 0) is 9.59 Å².